The largest absolute Gasteiger partial charge is 0.459 e. The number of aromatic amines is 2. The quantitative estimate of drug-likeness (QED) is 0.109. The Morgan fingerprint density at radius 2 is 1.19 bits per heavy atom. The first-order chi connectivity index (χ1) is 30.2. The molecular formula is C50H54ClFN6O6. The Morgan fingerprint density at radius 3 is 1.69 bits per heavy atom. The van der Waals surface area contributed by atoms with Crippen molar-refractivity contribution in [3.63, 3.8) is 0 Å². The van der Waals surface area contributed by atoms with E-state index < -0.39 is 22.4 Å². The van der Waals surface area contributed by atoms with E-state index in [1.54, 1.807) is 44.3 Å². The van der Waals surface area contributed by atoms with Crippen molar-refractivity contribution in [1.82, 2.24) is 30.2 Å². The van der Waals surface area contributed by atoms with Crippen molar-refractivity contribution >= 4 is 67.9 Å². The van der Waals surface area contributed by atoms with E-state index in [-0.39, 0.29) is 35.1 Å². The van der Waals surface area contributed by atoms with Crippen molar-refractivity contribution in [2.75, 3.05) is 13.1 Å². The van der Waals surface area contributed by atoms with Crippen molar-refractivity contribution < 1.29 is 33.0 Å². The summed E-state index contributed by atoms with van der Waals surface area (Å²) in [6.07, 6.45) is 2.80. The molecule has 14 heteroatoms. The van der Waals surface area contributed by atoms with E-state index in [1.165, 1.54) is 35.4 Å². The van der Waals surface area contributed by atoms with E-state index in [9.17, 15) is 23.6 Å². The minimum Gasteiger partial charge on any atom is -0.459 e. The highest BCUT2D eigenvalue weighted by molar-refractivity contribution is 6.67. The van der Waals surface area contributed by atoms with Gasteiger partial charge >= 0.3 is 11.9 Å². The summed E-state index contributed by atoms with van der Waals surface area (Å²) in [7, 11) is 0. The Kier molecular flexibility index (Phi) is 13.9. The molecule has 2 aromatic carbocycles. The predicted molar refractivity (Wildman–Crippen MR) is 248 cm³/mol. The van der Waals surface area contributed by atoms with Gasteiger partial charge in [-0.25, -0.2) is 14.0 Å². The summed E-state index contributed by atoms with van der Waals surface area (Å²) in [5.74, 6) is -1.60. The fourth-order valence-electron chi connectivity index (χ4n) is 7.72. The van der Waals surface area contributed by atoms with Gasteiger partial charge < -0.3 is 29.7 Å². The molecule has 0 fully saturated rings. The van der Waals surface area contributed by atoms with Crippen molar-refractivity contribution in [3.8, 4) is 0 Å². The Hall–Kier alpha value is -6.60. The third kappa shape index (κ3) is 10.4. The highest BCUT2D eigenvalue weighted by atomic mass is 35.5. The Morgan fingerprint density at radius 1 is 0.688 bits per heavy atom. The molecule has 2 aliphatic heterocycles. The van der Waals surface area contributed by atoms with Crippen LogP contribution in [0.1, 0.15) is 110 Å². The monoisotopic (exact) mass is 888 g/mol. The summed E-state index contributed by atoms with van der Waals surface area (Å²) in [6, 6.07) is 21.9. The number of H-pyrrole nitrogens is 2. The van der Waals surface area contributed by atoms with Crippen LogP contribution >= 0.6 is 11.6 Å². The van der Waals surface area contributed by atoms with Crippen molar-refractivity contribution in [2.24, 2.45) is 0 Å². The number of pyridine rings is 2. The fourth-order valence-corrected chi connectivity index (χ4v) is 7.84. The zero-order valence-corrected chi connectivity index (χ0v) is 38.5. The molecule has 0 radical (unpaired) electrons. The van der Waals surface area contributed by atoms with Crippen LogP contribution in [0.15, 0.2) is 91.3 Å². The first-order valence-corrected chi connectivity index (χ1v) is 21.4. The number of aryl methyl sites for hydroxylation is 2. The van der Waals surface area contributed by atoms with Crippen LogP contribution in [0.25, 0.3) is 33.2 Å². The Balaban J connectivity index is 0.000000184. The molecule has 0 saturated carbocycles. The number of ether oxygens (including phenoxy) is 2. The highest BCUT2D eigenvalue weighted by Crippen LogP contribution is 2.41. The molecule has 0 aliphatic carbocycles. The first-order valence-electron chi connectivity index (χ1n) is 21.1. The maximum atomic E-state index is 13.4. The number of halogens is 2. The molecule has 3 N–H and O–H groups in total. The lowest BCUT2D eigenvalue weighted by Gasteiger charge is -2.29. The van der Waals surface area contributed by atoms with Gasteiger partial charge in [0.1, 0.15) is 5.82 Å². The molecule has 6 aromatic rings. The van der Waals surface area contributed by atoms with Gasteiger partial charge in [0.2, 0.25) is 0 Å². The molecule has 6 heterocycles. The number of nitrogens with zero attached hydrogens (tertiary/aromatic N) is 3. The zero-order valence-electron chi connectivity index (χ0n) is 37.8. The smallest absolute Gasteiger partial charge is 0.342 e. The Labute approximate surface area is 377 Å². The standard InChI is InChI=1S/C25H26FN3O3.C18H23N3O2.C7H5ClO/c1-14(2)32-24(31)18-12-29(23(30)16-7-9-17(26)10-8-16)13-25(4,5)20-21(18)28-19-11-6-15(3)27-22(19)20;1-10(2)23-17(22)12-8-19-9-18(4,5)14-15(12)21-13-7-6-11(3)20-16(13)14;8-7(9)6-4-2-1-3-5-6/h6-12,14,28H,13H2,1-5H3;6-8,10,19,21H,9H2,1-5H3;1-5H. The summed E-state index contributed by atoms with van der Waals surface area (Å²) in [6.45, 7) is 20.5. The topological polar surface area (TPSA) is 159 Å². The number of fused-ring (bicyclic) bond motifs is 6. The van der Waals surface area contributed by atoms with Crippen LogP contribution in [0.4, 0.5) is 4.39 Å². The summed E-state index contributed by atoms with van der Waals surface area (Å²) in [4.78, 5) is 67.0. The van der Waals surface area contributed by atoms with E-state index in [0.717, 1.165) is 56.8 Å². The number of esters is 2. The van der Waals surface area contributed by atoms with Gasteiger partial charge in [0, 0.05) is 70.0 Å². The minimum absolute atomic E-state index is 0.159. The van der Waals surface area contributed by atoms with Gasteiger partial charge in [-0.05, 0) is 102 Å². The normalized spacial score (nSPS) is 14.9. The first kappa shape index (κ1) is 46.9. The van der Waals surface area contributed by atoms with Crippen LogP contribution in [-0.4, -0.2) is 73.2 Å². The van der Waals surface area contributed by atoms with Crippen LogP contribution in [0.3, 0.4) is 0 Å². The molecule has 8 rings (SSSR count). The second kappa shape index (κ2) is 19.0. The van der Waals surface area contributed by atoms with Crippen molar-refractivity contribution in [3.05, 3.63) is 142 Å². The lowest BCUT2D eigenvalue weighted by atomic mass is 9.83. The lowest BCUT2D eigenvalue weighted by molar-refractivity contribution is -0.141. The van der Waals surface area contributed by atoms with E-state index in [2.05, 4.69) is 29.1 Å². The van der Waals surface area contributed by atoms with Gasteiger partial charge in [-0.2, -0.15) is 0 Å². The van der Waals surface area contributed by atoms with Crippen LogP contribution in [0, 0.1) is 19.7 Å². The zero-order chi connectivity index (χ0) is 46.7. The van der Waals surface area contributed by atoms with Crippen LogP contribution in [-0.2, 0) is 29.9 Å². The summed E-state index contributed by atoms with van der Waals surface area (Å²) in [5, 5.41) is 2.84. The second-order valence-electron chi connectivity index (χ2n) is 17.7. The predicted octanol–water partition coefficient (Wildman–Crippen LogP) is 9.85. The average molecular weight is 889 g/mol. The number of carbonyl (C=O) groups excluding carboxylic acids is 4. The molecule has 334 valence electrons. The molecule has 12 nitrogen and oxygen atoms in total. The number of hydrogen-bond acceptors (Lipinski definition) is 9. The highest BCUT2D eigenvalue weighted by Gasteiger charge is 2.39. The molecule has 0 unspecified atom stereocenters. The van der Waals surface area contributed by atoms with Gasteiger partial charge in [0.25, 0.3) is 11.1 Å². The molecule has 2 aliphatic rings. The maximum absolute atomic E-state index is 13.4. The average Bonchev–Trinajstić information content (AvgIpc) is 3.72. The maximum Gasteiger partial charge on any atom is 0.342 e. The van der Waals surface area contributed by atoms with E-state index in [1.807, 2.05) is 71.9 Å². The Bertz CT molecular complexity index is 2790. The van der Waals surface area contributed by atoms with Crippen LogP contribution in [0.5, 0.6) is 0 Å². The van der Waals surface area contributed by atoms with Crippen molar-refractivity contribution in [1.29, 1.82) is 0 Å². The van der Waals surface area contributed by atoms with Gasteiger partial charge in [0.15, 0.2) is 0 Å². The summed E-state index contributed by atoms with van der Waals surface area (Å²) < 4.78 is 24.3. The second-order valence-corrected chi connectivity index (χ2v) is 18.0. The number of amides is 1. The molecule has 0 spiro atoms. The number of nitrogens with one attached hydrogen (secondary N) is 3. The molecule has 4 aromatic heterocycles. The van der Waals surface area contributed by atoms with Crippen LogP contribution in [0.2, 0.25) is 0 Å². The molecule has 64 heavy (non-hydrogen) atoms. The van der Waals surface area contributed by atoms with E-state index in [4.69, 9.17) is 31.0 Å². The number of hydrogen-bond donors (Lipinski definition) is 3. The van der Waals surface area contributed by atoms with Gasteiger partial charge in [-0.3, -0.25) is 19.6 Å². The summed E-state index contributed by atoms with van der Waals surface area (Å²) in [5.41, 5.74) is 9.55. The molecule has 1 amide bonds. The van der Waals surface area contributed by atoms with Gasteiger partial charge in [-0.1, -0.05) is 58.0 Å². The molecule has 0 bridgehead atoms. The lowest BCUT2D eigenvalue weighted by Crippen LogP contribution is -2.37. The van der Waals surface area contributed by atoms with Crippen molar-refractivity contribution in [2.45, 2.75) is 92.3 Å². The molecule has 0 saturated heterocycles. The number of carbonyl (C=O) groups is 4. The fraction of sp³-hybridized carbons (Fsp3) is 0.320. The summed E-state index contributed by atoms with van der Waals surface area (Å²) >= 11 is 5.16. The van der Waals surface area contributed by atoms with E-state index in [0.29, 0.717) is 28.9 Å². The van der Waals surface area contributed by atoms with Gasteiger partial charge in [0.05, 0.1) is 56.8 Å². The molecular weight excluding hydrogens is 835 g/mol. The number of aromatic nitrogens is 4. The van der Waals surface area contributed by atoms with E-state index >= 15 is 0 Å². The van der Waals surface area contributed by atoms with Gasteiger partial charge in [-0.15, -0.1) is 0 Å². The number of benzene rings is 2. The third-order valence-electron chi connectivity index (χ3n) is 10.6. The van der Waals surface area contributed by atoms with Crippen LogP contribution < -0.4 is 5.32 Å². The minimum atomic E-state index is -0.541. The third-order valence-corrected chi connectivity index (χ3v) is 10.8. The SMILES string of the molecule is Cc1ccc2[nH]c3c(c2n1)C(C)(C)CN(C(=O)c1ccc(F)cc1)C=C3C(=O)OC(C)C.Cc1ccc2[nH]c3c(c2n1)C(C)(C)CNC=C3C(=O)OC(C)C.O=C(Cl)c1ccccc1. The molecule has 0 atom stereocenters. The number of rotatable bonds is 6.